The van der Waals surface area contributed by atoms with Gasteiger partial charge in [0.2, 0.25) is 0 Å². The van der Waals surface area contributed by atoms with E-state index in [1.807, 2.05) is 13.8 Å². The van der Waals surface area contributed by atoms with E-state index in [9.17, 15) is 14.3 Å². The monoisotopic (exact) mass is 308 g/mol. The van der Waals surface area contributed by atoms with E-state index in [-0.39, 0.29) is 10.7 Å². The number of aryl methyl sites for hydroxylation is 1. The number of thiazole rings is 1. The van der Waals surface area contributed by atoms with E-state index >= 15 is 0 Å². The number of carbonyl (C=O) groups is 1. The average molecular weight is 308 g/mol. The van der Waals surface area contributed by atoms with Crippen LogP contribution >= 0.6 is 11.3 Å². The van der Waals surface area contributed by atoms with Gasteiger partial charge in [0.25, 0.3) is 0 Å². The van der Waals surface area contributed by atoms with Crippen LogP contribution in [0.2, 0.25) is 0 Å². The molecule has 0 unspecified atom stereocenters. The molecule has 0 saturated heterocycles. The molecule has 6 heteroatoms. The Labute approximate surface area is 126 Å². The number of hydrogen-bond acceptors (Lipinski definition) is 4. The lowest BCUT2D eigenvalue weighted by Gasteiger charge is -2.20. The van der Waals surface area contributed by atoms with Gasteiger partial charge in [0, 0.05) is 6.54 Å². The SMILES string of the molecule is CCCc1nc(N(CC)c2ccccc2F)sc1C(=O)O. The van der Waals surface area contributed by atoms with Crippen LogP contribution in [0.3, 0.4) is 0 Å². The number of carboxylic acid groups (broad SMARTS) is 1. The van der Waals surface area contributed by atoms with Crippen LogP contribution in [-0.4, -0.2) is 22.6 Å². The minimum Gasteiger partial charge on any atom is -0.477 e. The topological polar surface area (TPSA) is 53.4 Å². The molecule has 1 heterocycles. The molecule has 0 radical (unpaired) electrons. The number of carboxylic acids is 1. The van der Waals surface area contributed by atoms with Crippen LogP contribution in [0.25, 0.3) is 0 Å². The number of halogens is 1. The molecule has 2 rings (SSSR count). The predicted molar refractivity (Wildman–Crippen MR) is 82.1 cm³/mol. The van der Waals surface area contributed by atoms with E-state index < -0.39 is 5.97 Å². The van der Waals surface area contributed by atoms with Crippen LogP contribution in [0, 0.1) is 5.82 Å². The van der Waals surface area contributed by atoms with Crippen molar-refractivity contribution in [2.75, 3.05) is 11.4 Å². The third-order valence-corrected chi connectivity index (χ3v) is 4.17. The van der Waals surface area contributed by atoms with Gasteiger partial charge in [-0.25, -0.2) is 14.2 Å². The van der Waals surface area contributed by atoms with Gasteiger partial charge in [0.05, 0.1) is 11.4 Å². The molecule has 0 amide bonds. The molecule has 0 fully saturated rings. The summed E-state index contributed by atoms with van der Waals surface area (Å²) >= 11 is 1.09. The van der Waals surface area contributed by atoms with E-state index in [0.29, 0.717) is 29.5 Å². The van der Waals surface area contributed by atoms with E-state index in [1.165, 1.54) is 6.07 Å². The Morgan fingerprint density at radius 1 is 1.38 bits per heavy atom. The molecular weight excluding hydrogens is 291 g/mol. The highest BCUT2D eigenvalue weighted by molar-refractivity contribution is 7.17. The highest BCUT2D eigenvalue weighted by Crippen LogP contribution is 2.33. The number of hydrogen-bond donors (Lipinski definition) is 1. The van der Waals surface area contributed by atoms with Crippen LogP contribution in [0.4, 0.5) is 15.2 Å². The molecule has 1 aromatic heterocycles. The molecule has 0 aliphatic carbocycles. The van der Waals surface area contributed by atoms with Crippen molar-refractivity contribution >= 4 is 28.1 Å². The van der Waals surface area contributed by atoms with Crippen molar-refractivity contribution in [1.29, 1.82) is 0 Å². The Bertz CT molecular complexity index is 642. The quantitative estimate of drug-likeness (QED) is 0.873. The summed E-state index contributed by atoms with van der Waals surface area (Å²) in [5.74, 6) is -1.32. The summed E-state index contributed by atoms with van der Waals surface area (Å²) < 4.78 is 13.9. The van der Waals surface area contributed by atoms with Gasteiger partial charge in [-0.15, -0.1) is 0 Å². The van der Waals surface area contributed by atoms with Crippen molar-refractivity contribution in [3.8, 4) is 0 Å². The molecule has 0 aliphatic rings. The lowest BCUT2D eigenvalue weighted by atomic mass is 10.2. The van der Waals surface area contributed by atoms with Gasteiger partial charge >= 0.3 is 5.97 Å². The first-order chi connectivity index (χ1) is 10.1. The van der Waals surface area contributed by atoms with E-state index in [0.717, 1.165) is 17.8 Å². The smallest absolute Gasteiger partial charge is 0.347 e. The van der Waals surface area contributed by atoms with Crippen molar-refractivity contribution in [3.05, 3.63) is 40.7 Å². The zero-order valence-electron chi connectivity index (χ0n) is 12.0. The molecule has 0 spiro atoms. The first-order valence-electron chi connectivity index (χ1n) is 6.83. The molecule has 0 atom stereocenters. The maximum Gasteiger partial charge on any atom is 0.347 e. The van der Waals surface area contributed by atoms with Crippen LogP contribution < -0.4 is 4.90 Å². The van der Waals surface area contributed by atoms with Gasteiger partial charge in [0.15, 0.2) is 5.13 Å². The lowest BCUT2D eigenvalue weighted by Crippen LogP contribution is -2.17. The molecule has 0 bridgehead atoms. The summed E-state index contributed by atoms with van der Waals surface area (Å²) in [6.07, 6.45) is 1.42. The molecular formula is C15H17FN2O2S. The van der Waals surface area contributed by atoms with Gasteiger partial charge in [-0.2, -0.15) is 0 Å². The highest BCUT2D eigenvalue weighted by atomic mass is 32.1. The van der Waals surface area contributed by atoms with Crippen LogP contribution in [0.5, 0.6) is 0 Å². The lowest BCUT2D eigenvalue weighted by molar-refractivity contribution is 0.0700. The van der Waals surface area contributed by atoms with Crippen molar-refractivity contribution in [2.24, 2.45) is 0 Å². The molecule has 0 saturated carbocycles. The maximum atomic E-state index is 13.9. The summed E-state index contributed by atoms with van der Waals surface area (Å²) in [6, 6.07) is 6.43. The van der Waals surface area contributed by atoms with Gasteiger partial charge in [-0.1, -0.05) is 36.8 Å². The zero-order chi connectivity index (χ0) is 15.4. The van der Waals surface area contributed by atoms with Crippen molar-refractivity contribution in [2.45, 2.75) is 26.7 Å². The fourth-order valence-corrected chi connectivity index (χ4v) is 3.14. The Hall–Kier alpha value is -1.95. The summed E-state index contributed by atoms with van der Waals surface area (Å²) in [6.45, 7) is 4.37. The Morgan fingerprint density at radius 3 is 2.67 bits per heavy atom. The number of nitrogens with zero attached hydrogens (tertiary/aromatic N) is 2. The Kier molecular flexibility index (Phi) is 4.90. The van der Waals surface area contributed by atoms with Gasteiger partial charge < -0.3 is 10.0 Å². The first kappa shape index (κ1) is 15.4. The molecule has 112 valence electrons. The zero-order valence-corrected chi connectivity index (χ0v) is 12.8. The predicted octanol–water partition coefficient (Wildman–Crippen LogP) is 4.09. The molecule has 2 aromatic rings. The third-order valence-electron chi connectivity index (χ3n) is 3.06. The van der Waals surface area contributed by atoms with Crippen molar-refractivity contribution < 1.29 is 14.3 Å². The summed E-state index contributed by atoms with van der Waals surface area (Å²) in [7, 11) is 0. The average Bonchev–Trinajstić information content (AvgIpc) is 2.86. The number of aromatic nitrogens is 1. The second-order valence-corrected chi connectivity index (χ2v) is 5.50. The minimum atomic E-state index is -0.980. The van der Waals surface area contributed by atoms with Crippen LogP contribution in [-0.2, 0) is 6.42 Å². The number of benzene rings is 1. The van der Waals surface area contributed by atoms with Gasteiger partial charge in [0.1, 0.15) is 10.7 Å². The van der Waals surface area contributed by atoms with Crippen molar-refractivity contribution in [3.63, 3.8) is 0 Å². The summed E-state index contributed by atoms with van der Waals surface area (Å²) in [5, 5.41) is 9.78. The molecule has 4 nitrogen and oxygen atoms in total. The summed E-state index contributed by atoms with van der Waals surface area (Å²) in [5.41, 5.74) is 0.980. The first-order valence-corrected chi connectivity index (χ1v) is 7.65. The fraction of sp³-hybridized carbons (Fsp3) is 0.333. The molecule has 1 aromatic carbocycles. The molecule has 21 heavy (non-hydrogen) atoms. The fourth-order valence-electron chi connectivity index (χ4n) is 2.11. The Morgan fingerprint density at radius 2 is 2.10 bits per heavy atom. The summed E-state index contributed by atoms with van der Waals surface area (Å²) in [4.78, 5) is 17.6. The van der Waals surface area contributed by atoms with Gasteiger partial charge in [-0.3, -0.25) is 0 Å². The third kappa shape index (κ3) is 3.21. The Balaban J connectivity index is 2.46. The van der Waals surface area contributed by atoms with Gasteiger partial charge in [-0.05, 0) is 25.5 Å². The van der Waals surface area contributed by atoms with E-state index in [4.69, 9.17) is 0 Å². The molecule has 0 aliphatic heterocycles. The number of anilines is 2. The normalized spacial score (nSPS) is 10.6. The number of aromatic carboxylic acids is 1. The largest absolute Gasteiger partial charge is 0.477 e. The second-order valence-electron chi connectivity index (χ2n) is 4.52. The highest BCUT2D eigenvalue weighted by Gasteiger charge is 2.21. The van der Waals surface area contributed by atoms with E-state index in [1.54, 1.807) is 23.1 Å². The van der Waals surface area contributed by atoms with E-state index in [2.05, 4.69) is 4.98 Å². The standard InChI is InChI=1S/C15H17FN2O2S/c1-3-7-11-13(14(19)20)21-15(17-11)18(4-2)12-9-6-5-8-10(12)16/h5-6,8-9H,3-4,7H2,1-2H3,(H,19,20). The number of para-hydroxylation sites is 1. The minimum absolute atomic E-state index is 0.238. The second kappa shape index (κ2) is 6.67. The van der Waals surface area contributed by atoms with Crippen LogP contribution in [0.1, 0.15) is 35.6 Å². The van der Waals surface area contributed by atoms with Crippen LogP contribution in [0.15, 0.2) is 24.3 Å². The molecule has 1 N–H and O–H groups in total. The maximum absolute atomic E-state index is 13.9. The van der Waals surface area contributed by atoms with Crippen molar-refractivity contribution in [1.82, 2.24) is 4.98 Å². The number of rotatable bonds is 6.